The third-order valence-electron chi connectivity index (χ3n) is 3.62. The molecule has 0 amide bonds. The lowest BCUT2D eigenvalue weighted by atomic mass is 10.3. The third-order valence-corrected chi connectivity index (χ3v) is 5.24. The molecule has 0 atom stereocenters. The maximum absolute atomic E-state index is 4.76. The molecule has 0 aliphatic carbocycles. The molecule has 1 aliphatic heterocycles. The van der Waals surface area contributed by atoms with Crippen LogP contribution in [0.1, 0.15) is 12.6 Å². The Kier molecular flexibility index (Phi) is 4.28. The molecular weight excluding hydrogens is 274 g/mol. The van der Waals surface area contributed by atoms with Gasteiger partial charge in [-0.3, -0.25) is 4.90 Å². The first-order valence-electron chi connectivity index (χ1n) is 6.77. The maximum Gasteiger partial charge on any atom is 0.124 e. The number of likely N-dealkylation sites (N-methyl/N-ethyl adjacent to an activating group) is 1. The molecule has 1 saturated heterocycles. The Hall–Kier alpha value is -0.750. The van der Waals surface area contributed by atoms with Crippen molar-refractivity contribution in [1.29, 1.82) is 0 Å². The summed E-state index contributed by atoms with van der Waals surface area (Å²) in [5.74, 6) is 0. The van der Waals surface area contributed by atoms with E-state index in [2.05, 4.69) is 38.9 Å². The molecule has 19 heavy (non-hydrogen) atoms. The van der Waals surface area contributed by atoms with Gasteiger partial charge in [0.05, 0.1) is 5.69 Å². The van der Waals surface area contributed by atoms with Crippen molar-refractivity contribution in [2.24, 2.45) is 0 Å². The summed E-state index contributed by atoms with van der Waals surface area (Å²) in [6.07, 6.45) is 0. The van der Waals surface area contributed by atoms with Crippen LogP contribution >= 0.6 is 22.7 Å². The summed E-state index contributed by atoms with van der Waals surface area (Å²) in [6.45, 7) is 9.13. The minimum Gasteiger partial charge on any atom is -0.301 e. The van der Waals surface area contributed by atoms with Gasteiger partial charge in [0.2, 0.25) is 0 Å². The van der Waals surface area contributed by atoms with Crippen LogP contribution in [0.2, 0.25) is 0 Å². The van der Waals surface area contributed by atoms with E-state index in [-0.39, 0.29) is 0 Å². The molecule has 0 bridgehead atoms. The van der Waals surface area contributed by atoms with Crippen molar-refractivity contribution in [3.8, 4) is 10.6 Å². The van der Waals surface area contributed by atoms with Gasteiger partial charge in [-0.1, -0.05) is 6.92 Å². The molecule has 1 fully saturated rings. The van der Waals surface area contributed by atoms with Crippen molar-refractivity contribution in [3.05, 3.63) is 27.9 Å². The predicted octanol–water partition coefficient (Wildman–Crippen LogP) is 3.01. The number of hydrogen-bond acceptors (Lipinski definition) is 5. The first-order valence-corrected chi connectivity index (χ1v) is 8.59. The van der Waals surface area contributed by atoms with E-state index in [1.54, 1.807) is 22.7 Å². The van der Waals surface area contributed by atoms with Gasteiger partial charge in [0.25, 0.3) is 0 Å². The fourth-order valence-corrected chi connectivity index (χ4v) is 3.91. The van der Waals surface area contributed by atoms with E-state index >= 15 is 0 Å². The lowest BCUT2D eigenvalue weighted by molar-refractivity contribution is 0.131. The molecule has 1 aliphatic rings. The standard InChI is InChI=1S/C14H19N3S2/c1-2-16-4-6-17(7-5-16)9-13-11-19-14(15-13)12-3-8-18-10-12/h3,8,10-11H,2,4-7,9H2,1H3. The van der Waals surface area contributed by atoms with Crippen molar-refractivity contribution >= 4 is 22.7 Å². The second-order valence-corrected chi connectivity index (χ2v) is 6.50. The van der Waals surface area contributed by atoms with Gasteiger partial charge in [0, 0.05) is 49.0 Å². The summed E-state index contributed by atoms with van der Waals surface area (Å²) in [5, 5.41) is 7.64. The zero-order valence-corrected chi connectivity index (χ0v) is 12.8. The highest BCUT2D eigenvalue weighted by Crippen LogP contribution is 2.26. The zero-order chi connectivity index (χ0) is 13.1. The maximum atomic E-state index is 4.76. The van der Waals surface area contributed by atoms with Gasteiger partial charge in [-0.25, -0.2) is 4.98 Å². The summed E-state index contributed by atoms with van der Waals surface area (Å²) >= 11 is 3.49. The monoisotopic (exact) mass is 293 g/mol. The van der Waals surface area contributed by atoms with E-state index in [1.807, 2.05) is 0 Å². The minimum atomic E-state index is 0.998. The average molecular weight is 293 g/mol. The molecule has 2 aromatic heterocycles. The van der Waals surface area contributed by atoms with Crippen molar-refractivity contribution in [3.63, 3.8) is 0 Å². The lowest BCUT2D eigenvalue weighted by Gasteiger charge is -2.33. The van der Waals surface area contributed by atoms with E-state index < -0.39 is 0 Å². The highest BCUT2D eigenvalue weighted by atomic mass is 32.1. The van der Waals surface area contributed by atoms with Gasteiger partial charge >= 0.3 is 0 Å². The molecule has 0 unspecified atom stereocenters. The Morgan fingerprint density at radius 2 is 1.95 bits per heavy atom. The fourth-order valence-electron chi connectivity index (χ4n) is 2.39. The van der Waals surface area contributed by atoms with Crippen molar-refractivity contribution in [1.82, 2.24) is 14.8 Å². The number of thiazole rings is 1. The molecule has 102 valence electrons. The van der Waals surface area contributed by atoms with E-state index in [0.29, 0.717) is 0 Å². The van der Waals surface area contributed by atoms with E-state index in [0.717, 1.165) is 11.6 Å². The van der Waals surface area contributed by atoms with Crippen LogP contribution in [0, 0.1) is 0 Å². The molecule has 5 heteroatoms. The summed E-state index contributed by atoms with van der Waals surface area (Å²) in [5.41, 5.74) is 2.48. The summed E-state index contributed by atoms with van der Waals surface area (Å²) < 4.78 is 0. The molecule has 0 spiro atoms. The Bertz CT molecular complexity index is 499. The second-order valence-electron chi connectivity index (χ2n) is 4.87. The summed E-state index contributed by atoms with van der Waals surface area (Å²) in [7, 11) is 0. The van der Waals surface area contributed by atoms with Crippen LogP contribution in [-0.2, 0) is 6.54 Å². The van der Waals surface area contributed by atoms with Crippen LogP contribution in [0.15, 0.2) is 22.2 Å². The predicted molar refractivity (Wildman–Crippen MR) is 82.8 cm³/mol. The fraction of sp³-hybridized carbons (Fsp3) is 0.500. The van der Waals surface area contributed by atoms with Crippen molar-refractivity contribution < 1.29 is 0 Å². The second kappa shape index (κ2) is 6.13. The van der Waals surface area contributed by atoms with Gasteiger partial charge in [0.15, 0.2) is 0 Å². The smallest absolute Gasteiger partial charge is 0.124 e. The highest BCUT2D eigenvalue weighted by Gasteiger charge is 2.16. The van der Waals surface area contributed by atoms with Crippen molar-refractivity contribution in [2.75, 3.05) is 32.7 Å². The first kappa shape index (κ1) is 13.2. The summed E-state index contributed by atoms with van der Waals surface area (Å²) in [6, 6.07) is 2.15. The van der Waals surface area contributed by atoms with Crippen LogP contribution in [0.4, 0.5) is 0 Å². The van der Waals surface area contributed by atoms with Crippen LogP contribution in [0.25, 0.3) is 10.6 Å². The van der Waals surface area contributed by atoms with Gasteiger partial charge in [0.1, 0.15) is 5.01 Å². The Morgan fingerprint density at radius 3 is 2.63 bits per heavy atom. The Labute approximate surface area is 122 Å². The number of nitrogens with zero attached hydrogens (tertiary/aromatic N) is 3. The summed E-state index contributed by atoms with van der Waals surface area (Å²) in [4.78, 5) is 9.78. The molecule has 2 aromatic rings. The molecule has 0 aromatic carbocycles. The third kappa shape index (κ3) is 3.23. The molecule has 3 rings (SSSR count). The normalized spacial score (nSPS) is 17.9. The topological polar surface area (TPSA) is 19.4 Å². The number of thiophene rings is 1. The SMILES string of the molecule is CCN1CCN(Cc2csc(-c3ccsc3)n2)CC1. The quantitative estimate of drug-likeness (QED) is 0.864. The number of hydrogen-bond donors (Lipinski definition) is 0. The van der Waals surface area contributed by atoms with Crippen LogP contribution in [-0.4, -0.2) is 47.5 Å². The number of piperazine rings is 1. The largest absolute Gasteiger partial charge is 0.301 e. The zero-order valence-electron chi connectivity index (χ0n) is 11.2. The van der Waals surface area contributed by atoms with E-state index in [9.17, 15) is 0 Å². The number of aromatic nitrogens is 1. The molecule has 3 nitrogen and oxygen atoms in total. The number of rotatable bonds is 4. The molecule has 0 N–H and O–H groups in total. The molecular formula is C14H19N3S2. The van der Waals surface area contributed by atoms with Crippen LogP contribution in [0.3, 0.4) is 0 Å². The van der Waals surface area contributed by atoms with E-state index in [1.165, 1.54) is 44.0 Å². The van der Waals surface area contributed by atoms with Gasteiger partial charge in [-0.05, 0) is 18.0 Å². The first-order chi connectivity index (χ1) is 9.35. The van der Waals surface area contributed by atoms with Gasteiger partial charge in [-0.2, -0.15) is 11.3 Å². The molecule has 3 heterocycles. The molecule has 0 saturated carbocycles. The van der Waals surface area contributed by atoms with E-state index in [4.69, 9.17) is 4.98 Å². The minimum absolute atomic E-state index is 0.998. The van der Waals surface area contributed by atoms with Crippen LogP contribution in [0.5, 0.6) is 0 Å². The van der Waals surface area contributed by atoms with Gasteiger partial charge < -0.3 is 4.90 Å². The lowest BCUT2D eigenvalue weighted by Crippen LogP contribution is -2.45. The van der Waals surface area contributed by atoms with Crippen LogP contribution < -0.4 is 0 Å². The average Bonchev–Trinajstić information content (AvgIpc) is 3.10. The highest BCUT2D eigenvalue weighted by molar-refractivity contribution is 7.14. The molecule has 0 radical (unpaired) electrons. The Balaban J connectivity index is 1.59. The Morgan fingerprint density at radius 1 is 1.16 bits per heavy atom. The van der Waals surface area contributed by atoms with Gasteiger partial charge in [-0.15, -0.1) is 11.3 Å². The van der Waals surface area contributed by atoms with Crippen molar-refractivity contribution in [2.45, 2.75) is 13.5 Å².